The van der Waals surface area contributed by atoms with E-state index in [0.717, 1.165) is 13.1 Å². The summed E-state index contributed by atoms with van der Waals surface area (Å²) in [5, 5.41) is 0. The Morgan fingerprint density at radius 2 is 1.78 bits per heavy atom. The van der Waals surface area contributed by atoms with Crippen molar-refractivity contribution >= 4 is 22.3 Å². The van der Waals surface area contributed by atoms with Crippen molar-refractivity contribution in [1.29, 1.82) is 0 Å². The average molecular weight is 119 g/mol. The van der Waals surface area contributed by atoms with E-state index in [9.17, 15) is 4.79 Å². The van der Waals surface area contributed by atoms with Crippen LogP contribution in [0.3, 0.4) is 0 Å². The molecule has 0 atom stereocenters. The molecule has 0 unspecified atom stereocenters. The van der Waals surface area contributed by atoms with Crippen LogP contribution in [0.15, 0.2) is 0 Å². The summed E-state index contributed by atoms with van der Waals surface area (Å²) in [5.74, 6) is 0. The fourth-order valence-corrected chi connectivity index (χ4v) is 1.21. The Bertz CT molecular complexity index is 110. The van der Waals surface area contributed by atoms with E-state index in [4.69, 9.17) is 0 Å². The van der Waals surface area contributed by atoms with E-state index in [-0.39, 0.29) is 4.58 Å². The van der Waals surface area contributed by atoms with Crippen LogP contribution in [0, 0.1) is 0 Å². The summed E-state index contributed by atoms with van der Waals surface area (Å²) in [5.41, 5.74) is 0. The second kappa shape index (κ2) is 3.29. The first-order chi connectivity index (χ1) is 4.30. The first-order valence-electron chi connectivity index (χ1n) is 3.56. The third-order valence-electron chi connectivity index (χ3n) is 1.80. The van der Waals surface area contributed by atoms with Gasteiger partial charge in [0.25, 0.3) is 0 Å². The Hall–Kier alpha value is 0.0674. The van der Waals surface area contributed by atoms with Crippen LogP contribution < -0.4 is 0 Å². The number of rotatable bonds is 0. The third-order valence-corrected chi connectivity index (χ3v) is 1.80. The Balaban J connectivity index is 2.31. The van der Waals surface area contributed by atoms with Gasteiger partial charge in [0.1, 0.15) is 0 Å². The van der Waals surface area contributed by atoms with Crippen molar-refractivity contribution in [3.05, 3.63) is 0 Å². The number of hydrogen-bond acceptors (Lipinski definition) is 1. The zero-order chi connectivity index (χ0) is 6.69. The van der Waals surface area contributed by atoms with Crippen molar-refractivity contribution in [2.24, 2.45) is 0 Å². The van der Waals surface area contributed by atoms with Crippen LogP contribution in [-0.2, 0) is 0 Å². The van der Waals surface area contributed by atoms with E-state index in [1.54, 1.807) is 17.7 Å². The first kappa shape index (κ1) is 7.18. The molecule has 1 aliphatic rings. The molecule has 1 aliphatic heterocycles. The Labute approximate surface area is 64.8 Å². The van der Waals surface area contributed by atoms with Crippen molar-refractivity contribution in [3.63, 3.8) is 0 Å². The fourth-order valence-electron chi connectivity index (χ4n) is 1.21. The molecule has 0 bridgehead atoms. The molecule has 3 heteroatoms. The summed E-state index contributed by atoms with van der Waals surface area (Å²) in [6.07, 6.45) is 3.68. The molecule has 0 radical (unpaired) electrons. The van der Waals surface area contributed by atoms with Gasteiger partial charge >= 0.3 is 64.3 Å². The van der Waals surface area contributed by atoms with Gasteiger partial charge in [-0.3, -0.25) is 0 Å². The van der Waals surface area contributed by atoms with Crippen LogP contribution >= 0.6 is 0 Å². The molecule has 1 rings (SSSR count). The van der Waals surface area contributed by atoms with E-state index >= 15 is 0 Å². The normalized spacial score (nSPS) is 20.0. The van der Waals surface area contributed by atoms with Crippen LogP contribution in [0.5, 0.6) is 0 Å². The van der Waals surface area contributed by atoms with Crippen molar-refractivity contribution < 1.29 is 4.79 Å². The minimum atomic E-state index is 0.231. The van der Waals surface area contributed by atoms with Crippen LogP contribution in [0.25, 0.3) is 0 Å². The minimum absolute atomic E-state index is 0.231. The quantitative estimate of drug-likeness (QED) is 0.431. The molecule has 1 amide bonds. The molecular weight excluding hydrogens is 109 g/mol. The number of likely N-dealkylation sites (tertiary alicyclic amines) is 1. The van der Waals surface area contributed by atoms with Gasteiger partial charge in [-0.05, 0) is 0 Å². The molecule has 46 valence electrons. The molecule has 1 fully saturated rings. The van der Waals surface area contributed by atoms with E-state index in [0.29, 0.717) is 0 Å². The van der Waals surface area contributed by atoms with E-state index in [1.165, 1.54) is 19.3 Å². The van der Waals surface area contributed by atoms with Crippen molar-refractivity contribution in [3.8, 4) is 0 Å². The zero-order valence-electron chi connectivity index (χ0n) is 5.89. The maximum atomic E-state index is 10.7. The van der Waals surface area contributed by atoms with Crippen LogP contribution in [0.4, 0.5) is 4.79 Å². The summed E-state index contributed by atoms with van der Waals surface area (Å²) in [7, 11) is 0. The second-order valence-corrected chi connectivity index (χ2v) is 2.57. The van der Waals surface area contributed by atoms with Crippen molar-refractivity contribution in [2.45, 2.75) is 19.3 Å². The number of carbonyl (C=O) groups is 1. The monoisotopic (exact) mass is 119 g/mol. The van der Waals surface area contributed by atoms with Gasteiger partial charge in [0.15, 0.2) is 0 Å². The molecule has 9 heavy (non-hydrogen) atoms. The summed E-state index contributed by atoms with van der Waals surface area (Å²) < 4.78 is 0.231. The number of amides is 1. The molecular formula is C6H10LiNO. The summed E-state index contributed by atoms with van der Waals surface area (Å²) in [6.45, 7) is 1.96. The molecule has 0 saturated carbocycles. The molecule has 2 nitrogen and oxygen atoms in total. The topological polar surface area (TPSA) is 20.3 Å². The second-order valence-electron chi connectivity index (χ2n) is 2.57. The summed E-state index contributed by atoms with van der Waals surface area (Å²) >= 11 is 1.64. The third kappa shape index (κ3) is 2.04. The van der Waals surface area contributed by atoms with Gasteiger partial charge in [0, 0.05) is 0 Å². The van der Waals surface area contributed by atoms with Gasteiger partial charge in [-0.2, -0.15) is 0 Å². The zero-order valence-corrected chi connectivity index (χ0v) is 5.89. The Kier molecular flexibility index (Phi) is 2.62. The predicted molar refractivity (Wildman–Crippen MR) is 36.6 cm³/mol. The molecule has 0 spiro atoms. The van der Waals surface area contributed by atoms with Gasteiger partial charge in [0.2, 0.25) is 0 Å². The summed E-state index contributed by atoms with van der Waals surface area (Å²) in [4.78, 5) is 12.6. The van der Waals surface area contributed by atoms with Gasteiger partial charge < -0.3 is 0 Å². The number of hydrogen-bond donors (Lipinski definition) is 0. The van der Waals surface area contributed by atoms with Gasteiger partial charge in [0.05, 0.1) is 0 Å². The SMILES string of the molecule is [Li][C](=O)N1CCCCC1. The van der Waals surface area contributed by atoms with E-state index < -0.39 is 0 Å². The Morgan fingerprint density at radius 1 is 1.22 bits per heavy atom. The molecule has 0 aliphatic carbocycles. The van der Waals surface area contributed by atoms with Crippen molar-refractivity contribution in [1.82, 2.24) is 4.90 Å². The summed E-state index contributed by atoms with van der Waals surface area (Å²) in [6, 6.07) is 0. The van der Waals surface area contributed by atoms with Crippen LogP contribution in [0.2, 0.25) is 0 Å². The molecule has 0 aromatic carbocycles. The van der Waals surface area contributed by atoms with Gasteiger partial charge in [-0.15, -0.1) is 0 Å². The standard InChI is InChI=1S/C6H10NO.Li/c8-6-7-4-2-1-3-5-7;/h1-5H2;. The van der Waals surface area contributed by atoms with E-state index in [2.05, 4.69) is 0 Å². The molecule has 0 aromatic heterocycles. The maximum absolute atomic E-state index is 10.7. The average Bonchev–Trinajstić information content (AvgIpc) is 1.90. The van der Waals surface area contributed by atoms with Gasteiger partial charge in [-0.25, -0.2) is 0 Å². The first-order valence-corrected chi connectivity index (χ1v) is 3.56. The number of piperidine rings is 1. The van der Waals surface area contributed by atoms with Crippen LogP contribution in [0.1, 0.15) is 19.3 Å². The van der Waals surface area contributed by atoms with E-state index in [1.807, 2.05) is 4.90 Å². The Morgan fingerprint density at radius 3 is 2.11 bits per heavy atom. The molecule has 0 aromatic rings. The number of carbonyl (C=O) groups excluding carboxylic acids is 1. The fraction of sp³-hybridized carbons (Fsp3) is 0.833. The van der Waals surface area contributed by atoms with Gasteiger partial charge in [-0.1, -0.05) is 0 Å². The van der Waals surface area contributed by atoms with Crippen molar-refractivity contribution in [2.75, 3.05) is 13.1 Å². The number of nitrogens with zero attached hydrogens (tertiary/aromatic N) is 1. The van der Waals surface area contributed by atoms with Crippen LogP contribution in [-0.4, -0.2) is 40.3 Å². The molecule has 1 saturated heterocycles. The predicted octanol–water partition coefficient (Wildman–Crippen LogP) is 0.761. The molecule has 1 heterocycles. The molecule has 0 N–H and O–H groups in total.